The molecule has 134 valence electrons. The summed E-state index contributed by atoms with van der Waals surface area (Å²) in [5.41, 5.74) is 3.48. The normalized spacial score (nSPS) is 10.9. The van der Waals surface area contributed by atoms with Crippen molar-refractivity contribution in [2.24, 2.45) is 0 Å². The second-order valence-electron chi connectivity index (χ2n) is 6.48. The number of anilines is 2. The van der Waals surface area contributed by atoms with E-state index in [1.165, 1.54) is 16.7 Å². The van der Waals surface area contributed by atoms with Crippen LogP contribution in [0.4, 0.5) is 15.9 Å². The highest BCUT2D eigenvalue weighted by atomic mass is 19.1. The lowest BCUT2D eigenvalue weighted by Crippen LogP contribution is -2.19. The molecule has 0 aliphatic rings. The Morgan fingerprint density at radius 1 is 0.963 bits per heavy atom. The number of pyridine rings is 2. The topological polar surface area (TPSA) is 46.9 Å². The predicted molar refractivity (Wildman–Crippen MR) is 106 cm³/mol. The van der Waals surface area contributed by atoms with Gasteiger partial charge in [-0.3, -0.25) is 9.36 Å². The third-order valence-corrected chi connectivity index (χ3v) is 4.65. The zero-order chi connectivity index (χ0) is 19.0. The zero-order valence-electron chi connectivity index (χ0n) is 15.0. The molecule has 2 aromatic heterocycles. The highest BCUT2D eigenvalue weighted by molar-refractivity contribution is 5.93. The second-order valence-corrected chi connectivity index (χ2v) is 6.48. The van der Waals surface area contributed by atoms with E-state index >= 15 is 0 Å². The average molecular weight is 359 g/mol. The first-order valence-electron chi connectivity index (χ1n) is 8.64. The molecule has 0 aliphatic heterocycles. The van der Waals surface area contributed by atoms with Crippen LogP contribution in [0.5, 0.6) is 0 Å². The van der Waals surface area contributed by atoms with Gasteiger partial charge in [-0.25, -0.2) is 9.37 Å². The maximum Gasteiger partial charge on any atom is 0.266 e. The summed E-state index contributed by atoms with van der Waals surface area (Å²) < 4.78 is 14.7. The fourth-order valence-electron chi connectivity index (χ4n) is 3.21. The van der Waals surface area contributed by atoms with Gasteiger partial charge in [-0.15, -0.1) is 0 Å². The fourth-order valence-corrected chi connectivity index (χ4v) is 3.21. The zero-order valence-corrected chi connectivity index (χ0v) is 15.0. The van der Waals surface area contributed by atoms with Crippen molar-refractivity contribution in [1.29, 1.82) is 0 Å². The molecular formula is C22H18FN3O. The van der Waals surface area contributed by atoms with Gasteiger partial charge in [0.15, 0.2) is 0 Å². The summed E-state index contributed by atoms with van der Waals surface area (Å²) in [4.78, 5) is 17.6. The van der Waals surface area contributed by atoms with Crippen LogP contribution in [0.2, 0.25) is 0 Å². The van der Waals surface area contributed by atoms with Crippen LogP contribution in [0.1, 0.15) is 11.1 Å². The molecule has 27 heavy (non-hydrogen) atoms. The Morgan fingerprint density at radius 2 is 1.67 bits per heavy atom. The summed E-state index contributed by atoms with van der Waals surface area (Å²) in [6.07, 6.45) is 3.38. The molecule has 1 N–H and O–H groups in total. The van der Waals surface area contributed by atoms with Gasteiger partial charge in [-0.1, -0.05) is 18.2 Å². The summed E-state index contributed by atoms with van der Waals surface area (Å²) in [7, 11) is 0. The van der Waals surface area contributed by atoms with Crippen LogP contribution in [0.15, 0.2) is 71.8 Å². The van der Waals surface area contributed by atoms with Crippen LogP contribution in [0, 0.1) is 19.7 Å². The van der Waals surface area contributed by atoms with Crippen molar-refractivity contribution >= 4 is 22.3 Å². The van der Waals surface area contributed by atoms with Crippen molar-refractivity contribution < 1.29 is 4.39 Å². The number of aryl methyl sites for hydroxylation is 2. The molecule has 0 unspecified atom stereocenters. The summed E-state index contributed by atoms with van der Waals surface area (Å²) in [6.45, 7) is 4.02. The van der Waals surface area contributed by atoms with E-state index in [-0.39, 0.29) is 11.4 Å². The van der Waals surface area contributed by atoms with E-state index in [1.54, 1.807) is 24.5 Å². The molecule has 0 bridgehead atoms. The SMILES string of the molecule is Cc1cccc(C)c1Nc1nccc2ccn(-c3ccc(F)cc3)c(=O)c12. The summed E-state index contributed by atoms with van der Waals surface area (Å²) >= 11 is 0. The minimum absolute atomic E-state index is 0.207. The maximum absolute atomic E-state index is 13.2. The van der Waals surface area contributed by atoms with Crippen LogP contribution in [0.3, 0.4) is 0 Å². The first kappa shape index (κ1) is 17.0. The van der Waals surface area contributed by atoms with Crippen molar-refractivity contribution in [3.05, 3.63) is 94.3 Å². The van der Waals surface area contributed by atoms with Gasteiger partial charge < -0.3 is 5.32 Å². The maximum atomic E-state index is 13.2. The first-order chi connectivity index (χ1) is 13.0. The number of rotatable bonds is 3. The highest BCUT2D eigenvalue weighted by Crippen LogP contribution is 2.26. The Labute approximate surface area is 155 Å². The van der Waals surface area contributed by atoms with Gasteiger partial charge in [0.25, 0.3) is 5.56 Å². The Morgan fingerprint density at radius 3 is 2.37 bits per heavy atom. The smallest absolute Gasteiger partial charge is 0.266 e. The highest BCUT2D eigenvalue weighted by Gasteiger charge is 2.12. The summed E-state index contributed by atoms with van der Waals surface area (Å²) in [6, 6.07) is 15.5. The lowest BCUT2D eigenvalue weighted by atomic mass is 10.1. The largest absolute Gasteiger partial charge is 0.339 e. The molecule has 2 heterocycles. The van der Waals surface area contributed by atoms with E-state index in [2.05, 4.69) is 10.3 Å². The molecule has 2 aromatic carbocycles. The van der Waals surface area contributed by atoms with Crippen molar-refractivity contribution in [3.8, 4) is 5.69 Å². The molecule has 0 radical (unpaired) electrons. The molecule has 0 aliphatic carbocycles. The molecule has 0 atom stereocenters. The molecule has 0 spiro atoms. The van der Waals surface area contributed by atoms with Gasteiger partial charge in [-0.05, 0) is 66.8 Å². The van der Waals surface area contributed by atoms with Crippen molar-refractivity contribution in [1.82, 2.24) is 9.55 Å². The molecule has 4 aromatic rings. The number of halogens is 1. The van der Waals surface area contributed by atoms with Gasteiger partial charge in [-0.2, -0.15) is 0 Å². The predicted octanol–water partition coefficient (Wildman–Crippen LogP) is 4.89. The molecule has 4 rings (SSSR count). The van der Waals surface area contributed by atoms with E-state index in [0.29, 0.717) is 16.9 Å². The van der Waals surface area contributed by atoms with Gasteiger partial charge in [0, 0.05) is 23.8 Å². The van der Waals surface area contributed by atoms with Crippen LogP contribution in [-0.4, -0.2) is 9.55 Å². The number of nitrogens with one attached hydrogen (secondary N) is 1. The van der Waals surface area contributed by atoms with Crippen LogP contribution in [-0.2, 0) is 0 Å². The third kappa shape index (κ3) is 3.08. The second kappa shape index (κ2) is 6.68. The van der Waals surface area contributed by atoms with Gasteiger partial charge in [0.1, 0.15) is 11.6 Å². The van der Waals surface area contributed by atoms with E-state index in [1.807, 2.05) is 44.2 Å². The quantitative estimate of drug-likeness (QED) is 0.567. The Hall–Kier alpha value is -3.47. The number of para-hydroxylation sites is 1. The standard InChI is InChI=1S/C22H18FN3O/c1-14-4-3-5-15(2)20(14)25-21-19-16(10-12-24-21)11-13-26(22(19)27)18-8-6-17(23)7-9-18/h3-13H,1-2H3,(H,24,25). The molecule has 0 amide bonds. The Balaban J connectivity index is 1.91. The minimum Gasteiger partial charge on any atom is -0.339 e. The monoisotopic (exact) mass is 359 g/mol. The molecule has 0 fully saturated rings. The number of hydrogen-bond acceptors (Lipinski definition) is 3. The number of hydrogen-bond donors (Lipinski definition) is 1. The van der Waals surface area contributed by atoms with E-state index in [4.69, 9.17) is 0 Å². The van der Waals surface area contributed by atoms with Crippen molar-refractivity contribution in [2.45, 2.75) is 13.8 Å². The van der Waals surface area contributed by atoms with Crippen molar-refractivity contribution in [3.63, 3.8) is 0 Å². The number of nitrogens with zero attached hydrogens (tertiary/aromatic N) is 2. The van der Waals surface area contributed by atoms with Gasteiger partial charge in [0.2, 0.25) is 0 Å². The fraction of sp³-hybridized carbons (Fsp3) is 0.0909. The Bertz CT molecular complexity index is 1180. The van der Waals surface area contributed by atoms with Crippen LogP contribution in [0.25, 0.3) is 16.5 Å². The Kier molecular flexibility index (Phi) is 4.20. The summed E-state index contributed by atoms with van der Waals surface area (Å²) in [5.74, 6) is 0.165. The molecule has 4 nitrogen and oxygen atoms in total. The lowest BCUT2D eigenvalue weighted by Gasteiger charge is -2.14. The average Bonchev–Trinajstić information content (AvgIpc) is 2.66. The van der Waals surface area contributed by atoms with Crippen molar-refractivity contribution in [2.75, 3.05) is 5.32 Å². The number of benzene rings is 2. The van der Waals surface area contributed by atoms with E-state index in [9.17, 15) is 9.18 Å². The molecule has 5 heteroatoms. The molecular weight excluding hydrogens is 341 g/mol. The van der Waals surface area contributed by atoms with Crippen LogP contribution >= 0.6 is 0 Å². The van der Waals surface area contributed by atoms with Crippen LogP contribution < -0.4 is 10.9 Å². The minimum atomic E-state index is -0.341. The number of fused-ring (bicyclic) bond motifs is 1. The van der Waals surface area contributed by atoms with E-state index in [0.717, 1.165) is 22.2 Å². The molecule has 0 saturated carbocycles. The first-order valence-corrected chi connectivity index (χ1v) is 8.64. The molecule has 0 saturated heterocycles. The van der Waals surface area contributed by atoms with Gasteiger partial charge in [0.05, 0.1) is 5.39 Å². The lowest BCUT2D eigenvalue weighted by molar-refractivity contribution is 0.627. The summed E-state index contributed by atoms with van der Waals surface area (Å²) in [5, 5.41) is 4.61. The third-order valence-electron chi connectivity index (χ3n) is 4.65. The van der Waals surface area contributed by atoms with Gasteiger partial charge >= 0.3 is 0 Å². The number of aromatic nitrogens is 2. The van der Waals surface area contributed by atoms with E-state index < -0.39 is 0 Å².